The van der Waals surface area contributed by atoms with E-state index >= 15 is 0 Å². The maximum Gasteiger partial charge on any atom is 0.243 e. The largest absolute Gasteiger partial charge is 0.393 e. The fourth-order valence-electron chi connectivity index (χ4n) is 2.54. The van der Waals surface area contributed by atoms with Gasteiger partial charge in [-0.05, 0) is 37.8 Å². The summed E-state index contributed by atoms with van der Waals surface area (Å²) in [6, 6.07) is 5.38. The molecule has 2 unspecified atom stereocenters. The molecule has 0 amide bonds. The molecule has 1 aliphatic heterocycles. The van der Waals surface area contributed by atoms with Crippen LogP contribution in [0, 0.1) is 19.8 Å². The topological polar surface area (TPSA) is 57.6 Å². The van der Waals surface area contributed by atoms with E-state index < -0.39 is 16.1 Å². The first-order chi connectivity index (χ1) is 8.82. The number of aliphatic hydroxyl groups excluding tert-OH is 1. The first-order valence-corrected chi connectivity index (χ1v) is 8.02. The molecule has 1 N–H and O–H groups in total. The van der Waals surface area contributed by atoms with Crippen LogP contribution in [0.25, 0.3) is 0 Å². The zero-order valence-corrected chi connectivity index (χ0v) is 12.4. The third kappa shape index (κ3) is 2.83. The Kier molecular flexibility index (Phi) is 3.99. The van der Waals surface area contributed by atoms with E-state index in [4.69, 9.17) is 0 Å². The summed E-state index contributed by atoms with van der Waals surface area (Å²) >= 11 is 0. The molecule has 4 nitrogen and oxygen atoms in total. The molecule has 106 valence electrons. The molecule has 19 heavy (non-hydrogen) atoms. The molecular formula is C14H21NO3S. The second-order valence-corrected chi connectivity index (χ2v) is 7.37. The predicted molar refractivity (Wildman–Crippen MR) is 74.5 cm³/mol. The minimum Gasteiger partial charge on any atom is -0.393 e. The SMILES string of the molecule is Cc1ccc(S(=O)(=O)N2CCC(O)C(C)C2)c(C)c1. The second-order valence-electron chi connectivity index (χ2n) is 5.47. The van der Waals surface area contributed by atoms with Crippen molar-refractivity contribution >= 4 is 10.0 Å². The van der Waals surface area contributed by atoms with E-state index in [0.29, 0.717) is 24.4 Å². The Bertz CT molecular complexity index is 568. The molecule has 0 saturated carbocycles. The molecule has 1 aromatic carbocycles. The van der Waals surface area contributed by atoms with Crippen LogP contribution in [0.5, 0.6) is 0 Å². The minimum absolute atomic E-state index is 0.0192. The van der Waals surface area contributed by atoms with Gasteiger partial charge in [-0.15, -0.1) is 0 Å². The lowest BCUT2D eigenvalue weighted by Gasteiger charge is -2.33. The van der Waals surface area contributed by atoms with Crippen molar-refractivity contribution in [3.8, 4) is 0 Å². The molecule has 0 bridgehead atoms. The summed E-state index contributed by atoms with van der Waals surface area (Å²) in [5.41, 5.74) is 1.83. The van der Waals surface area contributed by atoms with Gasteiger partial charge in [0.2, 0.25) is 10.0 Å². The number of aryl methyl sites for hydroxylation is 2. The zero-order valence-electron chi connectivity index (χ0n) is 11.6. The van der Waals surface area contributed by atoms with Crippen LogP contribution in [-0.2, 0) is 10.0 Å². The molecule has 5 heteroatoms. The number of aliphatic hydroxyl groups is 1. The van der Waals surface area contributed by atoms with Crippen LogP contribution in [0.2, 0.25) is 0 Å². The van der Waals surface area contributed by atoms with Gasteiger partial charge in [0.1, 0.15) is 0 Å². The van der Waals surface area contributed by atoms with Gasteiger partial charge in [0, 0.05) is 13.1 Å². The highest BCUT2D eigenvalue weighted by atomic mass is 32.2. The Morgan fingerprint density at radius 1 is 1.32 bits per heavy atom. The van der Waals surface area contributed by atoms with E-state index in [2.05, 4.69) is 0 Å². The molecule has 1 aromatic rings. The van der Waals surface area contributed by atoms with Gasteiger partial charge in [-0.25, -0.2) is 8.42 Å². The van der Waals surface area contributed by atoms with Gasteiger partial charge in [0.05, 0.1) is 11.0 Å². The van der Waals surface area contributed by atoms with Crippen molar-refractivity contribution in [3.63, 3.8) is 0 Å². The van der Waals surface area contributed by atoms with Crippen LogP contribution in [0.4, 0.5) is 0 Å². The van der Waals surface area contributed by atoms with Crippen molar-refractivity contribution in [2.24, 2.45) is 5.92 Å². The Morgan fingerprint density at radius 2 is 2.00 bits per heavy atom. The Morgan fingerprint density at radius 3 is 2.58 bits per heavy atom. The van der Waals surface area contributed by atoms with Gasteiger partial charge in [-0.3, -0.25) is 0 Å². The molecule has 1 saturated heterocycles. The van der Waals surface area contributed by atoms with Crippen LogP contribution in [0.15, 0.2) is 23.1 Å². The number of nitrogens with zero attached hydrogens (tertiary/aromatic N) is 1. The van der Waals surface area contributed by atoms with E-state index in [9.17, 15) is 13.5 Å². The van der Waals surface area contributed by atoms with Crippen LogP contribution >= 0.6 is 0 Å². The summed E-state index contributed by atoms with van der Waals surface area (Å²) in [5.74, 6) is -0.0192. The van der Waals surface area contributed by atoms with Crippen LogP contribution < -0.4 is 0 Å². The smallest absolute Gasteiger partial charge is 0.243 e. The van der Waals surface area contributed by atoms with Crippen LogP contribution in [0.1, 0.15) is 24.5 Å². The molecule has 0 radical (unpaired) electrons. The van der Waals surface area contributed by atoms with Crippen molar-refractivity contribution in [1.82, 2.24) is 4.31 Å². The predicted octanol–water partition coefficient (Wildman–Crippen LogP) is 1.69. The van der Waals surface area contributed by atoms with Gasteiger partial charge >= 0.3 is 0 Å². The minimum atomic E-state index is -3.44. The first kappa shape index (κ1) is 14.5. The Labute approximate surface area is 115 Å². The summed E-state index contributed by atoms with van der Waals surface area (Å²) in [7, 11) is -3.44. The highest BCUT2D eigenvalue weighted by Crippen LogP contribution is 2.26. The molecule has 1 heterocycles. The first-order valence-electron chi connectivity index (χ1n) is 6.58. The molecule has 2 rings (SSSR count). The number of piperidine rings is 1. The van der Waals surface area contributed by atoms with Crippen LogP contribution in [-0.4, -0.2) is 37.0 Å². The normalized spacial score (nSPS) is 25.5. The van der Waals surface area contributed by atoms with E-state index in [1.54, 1.807) is 6.07 Å². The van der Waals surface area contributed by atoms with Crippen LogP contribution in [0.3, 0.4) is 0 Å². The molecule has 0 aliphatic carbocycles. The summed E-state index contributed by atoms with van der Waals surface area (Å²) in [6.07, 6.45) is 0.108. The summed E-state index contributed by atoms with van der Waals surface area (Å²) in [4.78, 5) is 0.377. The van der Waals surface area contributed by atoms with E-state index in [0.717, 1.165) is 11.1 Å². The van der Waals surface area contributed by atoms with E-state index in [-0.39, 0.29) is 5.92 Å². The Balaban J connectivity index is 2.32. The molecule has 2 atom stereocenters. The standard InChI is InChI=1S/C14H21NO3S/c1-10-4-5-14(11(2)8-10)19(17,18)15-7-6-13(16)12(3)9-15/h4-5,8,12-13,16H,6-7,9H2,1-3H3. The lowest BCUT2D eigenvalue weighted by Crippen LogP contribution is -2.45. The highest BCUT2D eigenvalue weighted by Gasteiger charge is 2.33. The molecule has 1 aliphatic rings. The van der Waals surface area contributed by atoms with Crippen molar-refractivity contribution in [3.05, 3.63) is 29.3 Å². The highest BCUT2D eigenvalue weighted by molar-refractivity contribution is 7.89. The van der Waals surface area contributed by atoms with Gasteiger partial charge < -0.3 is 5.11 Å². The summed E-state index contributed by atoms with van der Waals surface area (Å²) in [6.45, 7) is 6.43. The average molecular weight is 283 g/mol. The quantitative estimate of drug-likeness (QED) is 0.898. The number of benzene rings is 1. The maximum atomic E-state index is 12.6. The third-order valence-electron chi connectivity index (χ3n) is 3.77. The number of sulfonamides is 1. The fraction of sp³-hybridized carbons (Fsp3) is 0.571. The number of hydrogen-bond acceptors (Lipinski definition) is 3. The zero-order chi connectivity index (χ0) is 14.2. The average Bonchev–Trinajstić information content (AvgIpc) is 2.32. The molecule has 0 aromatic heterocycles. The number of hydrogen-bond donors (Lipinski definition) is 1. The summed E-state index contributed by atoms with van der Waals surface area (Å²) in [5, 5.41) is 9.70. The molecule has 0 spiro atoms. The summed E-state index contributed by atoms with van der Waals surface area (Å²) < 4.78 is 26.7. The van der Waals surface area contributed by atoms with Gasteiger partial charge in [-0.2, -0.15) is 4.31 Å². The fourth-order valence-corrected chi connectivity index (χ4v) is 4.30. The van der Waals surface area contributed by atoms with Gasteiger partial charge in [-0.1, -0.05) is 24.6 Å². The van der Waals surface area contributed by atoms with E-state index in [1.165, 1.54) is 4.31 Å². The van der Waals surface area contributed by atoms with Gasteiger partial charge in [0.25, 0.3) is 0 Å². The van der Waals surface area contributed by atoms with Crippen molar-refractivity contribution in [1.29, 1.82) is 0 Å². The lowest BCUT2D eigenvalue weighted by atomic mass is 9.99. The van der Waals surface area contributed by atoms with Gasteiger partial charge in [0.15, 0.2) is 0 Å². The molecular weight excluding hydrogens is 262 g/mol. The lowest BCUT2D eigenvalue weighted by molar-refractivity contribution is 0.0628. The van der Waals surface area contributed by atoms with E-state index in [1.807, 2.05) is 32.9 Å². The maximum absolute atomic E-state index is 12.6. The second kappa shape index (κ2) is 5.23. The Hall–Kier alpha value is -0.910. The molecule has 1 fully saturated rings. The third-order valence-corrected chi connectivity index (χ3v) is 5.80. The monoisotopic (exact) mass is 283 g/mol. The number of rotatable bonds is 2. The van der Waals surface area contributed by atoms with Crippen molar-refractivity contribution in [2.45, 2.75) is 38.2 Å². The van der Waals surface area contributed by atoms with Crippen molar-refractivity contribution in [2.75, 3.05) is 13.1 Å². The van der Waals surface area contributed by atoms with Crippen molar-refractivity contribution < 1.29 is 13.5 Å².